The molecule has 1 amide bonds. The van der Waals surface area contributed by atoms with E-state index in [1.54, 1.807) is 0 Å². The Labute approximate surface area is 125 Å². The van der Waals surface area contributed by atoms with E-state index in [4.69, 9.17) is 0 Å². The number of benzene rings is 2. The summed E-state index contributed by atoms with van der Waals surface area (Å²) in [4.78, 5) is 12.3. The van der Waals surface area contributed by atoms with Gasteiger partial charge in [-0.05, 0) is 35.7 Å². The summed E-state index contributed by atoms with van der Waals surface area (Å²) in [6.45, 7) is 0. The fraction of sp³-hybridized carbons (Fsp3) is 0.188. The minimum absolute atomic E-state index is 0.140. The predicted octanol–water partition coefficient (Wildman–Crippen LogP) is 3.82. The molecule has 0 saturated heterocycles. The lowest BCUT2D eigenvalue weighted by Crippen LogP contribution is -2.11. The SMILES string of the molecule is O=C(Nc1nnc(C2CC2)s1)c1ccc2ccccc2c1. The molecule has 4 nitrogen and oxygen atoms in total. The summed E-state index contributed by atoms with van der Waals surface area (Å²) in [6, 6.07) is 13.7. The number of nitrogens with zero attached hydrogens (tertiary/aromatic N) is 2. The normalized spacial score (nSPS) is 14.3. The Kier molecular flexibility index (Phi) is 2.93. The van der Waals surface area contributed by atoms with Gasteiger partial charge in [-0.3, -0.25) is 10.1 Å². The second kappa shape index (κ2) is 4.93. The van der Waals surface area contributed by atoms with Gasteiger partial charge in [-0.2, -0.15) is 0 Å². The van der Waals surface area contributed by atoms with Crippen LogP contribution in [0.3, 0.4) is 0 Å². The number of carbonyl (C=O) groups is 1. The van der Waals surface area contributed by atoms with Gasteiger partial charge in [0.1, 0.15) is 5.01 Å². The van der Waals surface area contributed by atoms with Crippen LogP contribution in [0.4, 0.5) is 5.13 Å². The van der Waals surface area contributed by atoms with E-state index in [0.29, 0.717) is 16.6 Å². The maximum Gasteiger partial charge on any atom is 0.257 e. The first kappa shape index (κ1) is 12.5. The van der Waals surface area contributed by atoms with E-state index in [0.717, 1.165) is 15.8 Å². The topological polar surface area (TPSA) is 54.9 Å². The van der Waals surface area contributed by atoms with Gasteiger partial charge in [0.05, 0.1) is 0 Å². The highest BCUT2D eigenvalue weighted by Crippen LogP contribution is 2.42. The van der Waals surface area contributed by atoms with Crippen LogP contribution in [0.1, 0.15) is 34.1 Å². The van der Waals surface area contributed by atoms with Gasteiger partial charge in [0.25, 0.3) is 5.91 Å². The van der Waals surface area contributed by atoms with Gasteiger partial charge in [0, 0.05) is 11.5 Å². The highest BCUT2D eigenvalue weighted by atomic mass is 32.1. The van der Waals surface area contributed by atoms with Gasteiger partial charge < -0.3 is 0 Å². The lowest BCUT2D eigenvalue weighted by molar-refractivity contribution is 0.102. The molecule has 1 heterocycles. The van der Waals surface area contributed by atoms with Crippen molar-refractivity contribution in [2.45, 2.75) is 18.8 Å². The van der Waals surface area contributed by atoms with Crippen LogP contribution in [0.25, 0.3) is 10.8 Å². The number of fused-ring (bicyclic) bond motifs is 1. The minimum Gasteiger partial charge on any atom is -0.296 e. The van der Waals surface area contributed by atoms with Crippen LogP contribution in [0.15, 0.2) is 42.5 Å². The molecule has 1 N–H and O–H groups in total. The van der Waals surface area contributed by atoms with Crippen LogP contribution in [0.2, 0.25) is 0 Å². The first-order valence-electron chi connectivity index (χ1n) is 6.93. The maximum atomic E-state index is 12.3. The molecule has 0 bridgehead atoms. The monoisotopic (exact) mass is 295 g/mol. The van der Waals surface area contributed by atoms with Gasteiger partial charge >= 0.3 is 0 Å². The molecule has 0 unspecified atom stereocenters. The molecule has 104 valence electrons. The molecule has 1 aliphatic carbocycles. The number of hydrogen-bond acceptors (Lipinski definition) is 4. The lowest BCUT2D eigenvalue weighted by atomic mass is 10.1. The van der Waals surface area contributed by atoms with Crippen LogP contribution in [-0.4, -0.2) is 16.1 Å². The molecule has 0 aliphatic heterocycles. The Morgan fingerprint density at radius 2 is 1.90 bits per heavy atom. The second-order valence-corrected chi connectivity index (χ2v) is 6.24. The number of nitrogens with one attached hydrogen (secondary N) is 1. The van der Waals surface area contributed by atoms with Crippen LogP contribution in [0.5, 0.6) is 0 Å². The average Bonchev–Trinajstić information content (AvgIpc) is 3.27. The Hall–Kier alpha value is -2.27. The van der Waals surface area contributed by atoms with Crippen molar-refractivity contribution in [1.29, 1.82) is 0 Å². The minimum atomic E-state index is -0.140. The van der Waals surface area contributed by atoms with Crippen molar-refractivity contribution in [2.24, 2.45) is 0 Å². The predicted molar refractivity (Wildman–Crippen MR) is 83.8 cm³/mol. The van der Waals surface area contributed by atoms with Crippen LogP contribution in [0, 0.1) is 0 Å². The van der Waals surface area contributed by atoms with Crippen LogP contribution < -0.4 is 5.32 Å². The molecule has 0 radical (unpaired) electrons. The fourth-order valence-electron chi connectivity index (χ4n) is 2.28. The summed E-state index contributed by atoms with van der Waals surface area (Å²) < 4.78 is 0. The highest BCUT2D eigenvalue weighted by Gasteiger charge is 2.27. The lowest BCUT2D eigenvalue weighted by Gasteiger charge is -2.03. The maximum absolute atomic E-state index is 12.3. The van der Waals surface area contributed by atoms with Crippen molar-refractivity contribution in [1.82, 2.24) is 10.2 Å². The molecule has 4 rings (SSSR count). The quantitative estimate of drug-likeness (QED) is 0.799. The van der Waals surface area contributed by atoms with E-state index in [-0.39, 0.29) is 5.91 Å². The van der Waals surface area contributed by atoms with Crippen LogP contribution in [-0.2, 0) is 0 Å². The molecule has 0 spiro atoms. The van der Waals surface area contributed by atoms with Gasteiger partial charge in [-0.1, -0.05) is 41.7 Å². The smallest absolute Gasteiger partial charge is 0.257 e. The third-order valence-electron chi connectivity index (χ3n) is 3.60. The van der Waals surface area contributed by atoms with E-state index in [1.165, 1.54) is 24.2 Å². The standard InChI is InChI=1S/C16H13N3OS/c20-14(17-16-19-18-15(21-16)11-6-7-11)13-8-5-10-3-1-2-4-12(10)9-13/h1-5,8-9,11H,6-7H2,(H,17,19,20). The molecule has 5 heteroatoms. The molecule has 3 aromatic rings. The third kappa shape index (κ3) is 2.52. The number of carbonyl (C=O) groups excluding carboxylic acids is 1. The summed E-state index contributed by atoms with van der Waals surface area (Å²) in [5.41, 5.74) is 0.636. The first-order chi connectivity index (χ1) is 10.3. The fourth-order valence-corrected chi connectivity index (χ4v) is 3.19. The molecule has 1 saturated carbocycles. The van der Waals surface area contributed by atoms with E-state index < -0.39 is 0 Å². The van der Waals surface area contributed by atoms with E-state index >= 15 is 0 Å². The van der Waals surface area contributed by atoms with Crippen molar-refractivity contribution < 1.29 is 4.79 Å². The Morgan fingerprint density at radius 1 is 1.10 bits per heavy atom. The summed E-state index contributed by atoms with van der Waals surface area (Å²) in [7, 11) is 0. The van der Waals surface area contributed by atoms with Crippen molar-refractivity contribution in [3.8, 4) is 0 Å². The Morgan fingerprint density at radius 3 is 2.71 bits per heavy atom. The molecule has 1 aromatic heterocycles. The van der Waals surface area contributed by atoms with Gasteiger partial charge in [0.15, 0.2) is 0 Å². The molecular weight excluding hydrogens is 282 g/mol. The van der Waals surface area contributed by atoms with E-state index in [2.05, 4.69) is 15.5 Å². The zero-order valence-electron chi connectivity index (χ0n) is 11.2. The first-order valence-corrected chi connectivity index (χ1v) is 7.75. The number of amides is 1. The number of rotatable bonds is 3. The molecule has 0 atom stereocenters. The second-order valence-electron chi connectivity index (χ2n) is 5.24. The third-order valence-corrected chi connectivity index (χ3v) is 4.60. The Bertz CT molecular complexity index is 823. The zero-order chi connectivity index (χ0) is 14.2. The molecule has 1 aliphatic rings. The summed E-state index contributed by atoms with van der Waals surface area (Å²) in [6.07, 6.45) is 2.38. The largest absolute Gasteiger partial charge is 0.296 e. The van der Waals surface area contributed by atoms with Crippen molar-refractivity contribution in [3.63, 3.8) is 0 Å². The number of aromatic nitrogens is 2. The van der Waals surface area contributed by atoms with Crippen molar-refractivity contribution in [3.05, 3.63) is 53.0 Å². The summed E-state index contributed by atoms with van der Waals surface area (Å²) in [5.74, 6) is 0.424. The van der Waals surface area contributed by atoms with Gasteiger partial charge in [0.2, 0.25) is 5.13 Å². The summed E-state index contributed by atoms with van der Waals surface area (Å²) >= 11 is 1.48. The number of anilines is 1. The zero-order valence-corrected chi connectivity index (χ0v) is 12.1. The van der Waals surface area contributed by atoms with Gasteiger partial charge in [-0.25, -0.2) is 0 Å². The van der Waals surface area contributed by atoms with Gasteiger partial charge in [-0.15, -0.1) is 10.2 Å². The molecule has 1 fully saturated rings. The molecule has 21 heavy (non-hydrogen) atoms. The van der Waals surface area contributed by atoms with Crippen molar-refractivity contribution >= 4 is 33.1 Å². The van der Waals surface area contributed by atoms with Crippen LogP contribution >= 0.6 is 11.3 Å². The van der Waals surface area contributed by atoms with E-state index in [9.17, 15) is 4.79 Å². The molecule has 2 aromatic carbocycles. The number of hydrogen-bond donors (Lipinski definition) is 1. The average molecular weight is 295 g/mol. The summed E-state index contributed by atoms with van der Waals surface area (Å²) in [5, 5.41) is 14.8. The highest BCUT2D eigenvalue weighted by molar-refractivity contribution is 7.15. The van der Waals surface area contributed by atoms with E-state index in [1.807, 2.05) is 42.5 Å². The Balaban J connectivity index is 1.57. The van der Waals surface area contributed by atoms with Crippen molar-refractivity contribution in [2.75, 3.05) is 5.32 Å². The molecular formula is C16H13N3OS.